The van der Waals surface area contributed by atoms with E-state index in [9.17, 15) is 14.9 Å². The van der Waals surface area contributed by atoms with Crippen molar-refractivity contribution in [3.8, 4) is 22.5 Å². The number of para-hydroxylation sites is 1. The zero-order valence-electron chi connectivity index (χ0n) is 20.7. The van der Waals surface area contributed by atoms with Crippen LogP contribution in [0.25, 0.3) is 33.7 Å². The topological polar surface area (TPSA) is 153 Å². The van der Waals surface area contributed by atoms with Crippen molar-refractivity contribution >= 4 is 34.4 Å². The number of pyridine rings is 1. The van der Waals surface area contributed by atoms with Crippen molar-refractivity contribution in [2.24, 2.45) is 0 Å². The average molecular weight is 532 g/mol. The number of nitrogens with one attached hydrogen (secondary N) is 2. The van der Waals surface area contributed by atoms with E-state index in [1.807, 2.05) is 26.8 Å². The SMILES string of the molecule is CC(C)(C)c1noc(C(=O)NCc2ccc(-c3ccnc4[nH]c(-c5ccccc5[N+](=O)[O-])nc34)cc2Cl)n1. The van der Waals surface area contributed by atoms with Crippen LogP contribution in [-0.2, 0) is 12.0 Å². The molecule has 0 aliphatic rings. The molecule has 0 saturated carbocycles. The first-order chi connectivity index (χ1) is 18.1. The maximum Gasteiger partial charge on any atom is 0.315 e. The van der Waals surface area contributed by atoms with Crippen LogP contribution in [-0.4, -0.2) is 35.9 Å². The Balaban J connectivity index is 1.39. The number of hydrogen-bond acceptors (Lipinski definition) is 8. The number of H-pyrrole nitrogens is 1. The third-order valence-corrected chi connectivity index (χ3v) is 6.19. The number of hydrogen-bond donors (Lipinski definition) is 2. The van der Waals surface area contributed by atoms with Crippen LogP contribution in [0.5, 0.6) is 0 Å². The molecule has 0 spiro atoms. The molecule has 3 aromatic heterocycles. The van der Waals surface area contributed by atoms with Crippen LogP contribution in [0.3, 0.4) is 0 Å². The summed E-state index contributed by atoms with van der Waals surface area (Å²) in [6.07, 6.45) is 1.62. The number of carbonyl (C=O) groups is 1. The monoisotopic (exact) mass is 531 g/mol. The van der Waals surface area contributed by atoms with E-state index in [0.29, 0.717) is 39.0 Å². The summed E-state index contributed by atoms with van der Waals surface area (Å²) in [4.78, 5) is 39.7. The van der Waals surface area contributed by atoms with Crippen LogP contribution < -0.4 is 5.32 Å². The lowest BCUT2D eigenvalue weighted by atomic mass is 9.96. The number of fused-ring (bicyclic) bond motifs is 1. The van der Waals surface area contributed by atoms with E-state index in [-0.39, 0.29) is 23.5 Å². The Hall–Kier alpha value is -4.64. The predicted octanol–water partition coefficient (Wildman–Crippen LogP) is 5.46. The van der Waals surface area contributed by atoms with E-state index >= 15 is 0 Å². The molecule has 11 nitrogen and oxygen atoms in total. The van der Waals surface area contributed by atoms with E-state index in [2.05, 4.69) is 30.4 Å². The Morgan fingerprint density at radius 3 is 2.63 bits per heavy atom. The first kappa shape index (κ1) is 25.0. The first-order valence-electron chi connectivity index (χ1n) is 11.6. The summed E-state index contributed by atoms with van der Waals surface area (Å²) >= 11 is 6.56. The summed E-state index contributed by atoms with van der Waals surface area (Å²) in [6.45, 7) is 5.92. The maximum atomic E-state index is 12.5. The second kappa shape index (κ2) is 9.67. The van der Waals surface area contributed by atoms with Gasteiger partial charge in [0.1, 0.15) is 11.3 Å². The Morgan fingerprint density at radius 1 is 1.13 bits per heavy atom. The van der Waals surface area contributed by atoms with Crippen LogP contribution in [0, 0.1) is 10.1 Å². The largest absolute Gasteiger partial charge is 0.344 e. The zero-order valence-corrected chi connectivity index (χ0v) is 21.4. The van der Waals surface area contributed by atoms with Gasteiger partial charge in [0.2, 0.25) is 0 Å². The van der Waals surface area contributed by atoms with Gasteiger partial charge >= 0.3 is 11.8 Å². The van der Waals surface area contributed by atoms with Gasteiger partial charge in [0, 0.05) is 34.8 Å². The highest BCUT2D eigenvalue weighted by molar-refractivity contribution is 6.31. The molecule has 0 fully saturated rings. The Bertz CT molecular complexity index is 1690. The highest BCUT2D eigenvalue weighted by atomic mass is 35.5. The molecule has 0 aliphatic heterocycles. The number of halogens is 1. The third kappa shape index (κ3) is 4.83. The van der Waals surface area contributed by atoms with Gasteiger partial charge in [0.05, 0.1) is 10.5 Å². The van der Waals surface area contributed by atoms with Gasteiger partial charge < -0.3 is 14.8 Å². The molecule has 2 N–H and O–H groups in total. The van der Waals surface area contributed by atoms with Crippen LogP contribution in [0.4, 0.5) is 5.69 Å². The van der Waals surface area contributed by atoms with Crippen molar-refractivity contribution in [3.05, 3.63) is 87.1 Å². The number of imidazole rings is 1. The van der Waals surface area contributed by atoms with Crippen LogP contribution in [0.15, 0.2) is 59.3 Å². The molecular formula is C26H22ClN7O4. The lowest BCUT2D eigenvalue weighted by Gasteiger charge is -2.10. The van der Waals surface area contributed by atoms with E-state index < -0.39 is 10.8 Å². The standard InChI is InChI=1S/C26H22ClN7O4/c1-26(2,3)25-32-24(38-33-25)23(35)29-13-15-9-8-14(12-18(15)27)16-10-11-28-22-20(16)30-21(31-22)17-6-4-5-7-19(17)34(36)37/h4-12H,13H2,1-3H3,(H,29,35)(H,28,30,31). The second-order valence-electron chi connectivity index (χ2n) is 9.58. The van der Waals surface area contributed by atoms with Gasteiger partial charge in [-0.2, -0.15) is 4.98 Å². The quantitative estimate of drug-likeness (QED) is 0.216. The number of nitro benzene ring substituents is 1. The molecule has 192 valence electrons. The van der Waals surface area contributed by atoms with Gasteiger partial charge in [-0.15, -0.1) is 0 Å². The van der Waals surface area contributed by atoms with Crippen molar-refractivity contribution < 1.29 is 14.2 Å². The summed E-state index contributed by atoms with van der Waals surface area (Å²) in [5.41, 5.74) is 3.19. The van der Waals surface area contributed by atoms with Crippen molar-refractivity contribution in [1.29, 1.82) is 0 Å². The molecule has 0 radical (unpaired) electrons. The molecule has 0 unspecified atom stereocenters. The summed E-state index contributed by atoms with van der Waals surface area (Å²) in [5.74, 6) is 0.170. The number of aromatic nitrogens is 5. The molecular weight excluding hydrogens is 510 g/mol. The number of benzene rings is 2. The smallest absolute Gasteiger partial charge is 0.315 e. The van der Waals surface area contributed by atoms with E-state index in [1.54, 1.807) is 42.6 Å². The fraction of sp³-hybridized carbons (Fsp3) is 0.192. The Kier molecular flexibility index (Phi) is 6.37. The Morgan fingerprint density at radius 2 is 1.92 bits per heavy atom. The molecule has 5 aromatic rings. The van der Waals surface area contributed by atoms with Gasteiger partial charge in [-0.05, 0) is 29.3 Å². The minimum Gasteiger partial charge on any atom is -0.344 e. The molecule has 5 rings (SSSR count). The minimum atomic E-state index is -0.497. The summed E-state index contributed by atoms with van der Waals surface area (Å²) < 4.78 is 5.08. The number of nitrogens with zero attached hydrogens (tertiary/aromatic N) is 5. The van der Waals surface area contributed by atoms with E-state index in [1.165, 1.54) is 6.07 Å². The van der Waals surface area contributed by atoms with E-state index in [4.69, 9.17) is 16.1 Å². The molecule has 0 atom stereocenters. The molecule has 38 heavy (non-hydrogen) atoms. The van der Waals surface area contributed by atoms with Crippen molar-refractivity contribution in [2.45, 2.75) is 32.7 Å². The number of aromatic amines is 1. The number of rotatable bonds is 6. The first-order valence-corrected chi connectivity index (χ1v) is 12.0. The summed E-state index contributed by atoms with van der Waals surface area (Å²) in [6, 6.07) is 13.6. The highest BCUT2D eigenvalue weighted by Crippen LogP contribution is 2.33. The number of nitro groups is 1. The Labute approximate surface area is 221 Å². The van der Waals surface area contributed by atoms with Crippen LogP contribution in [0.1, 0.15) is 42.8 Å². The zero-order chi connectivity index (χ0) is 27.0. The number of carbonyl (C=O) groups excluding carboxylic acids is 1. The fourth-order valence-corrected chi connectivity index (χ4v) is 4.08. The lowest BCUT2D eigenvalue weighted by Crippen LogP contribution is -2.23. The van der Waals surface area contributed by atoms with E-state index in [0.717, 1.165) is 11.1 Å². The molecule has 0 bridgehead atoms. The normalized spacial score (nSPS) is 11.6. The van der Waals surface area contributed by atoms with Gasteiger partial charge in [0.25, 0.3) is 5.69 Å². The van der Waals surface area contributed by atoms with Crippen molar-refractivity contribution in [2.75, 3.05) is 0 Å². The average Bonchev–Trinajstić information content (AvgIpc) is 3.55. The highest BCUT2D eigenvalue weighted by Gasteiger charge is 2.24. The van der Waals surface area contributed by atoms with Gasteiger partial charge in [0.15, 0.2) is 11.5 Å². The van der Waals surface area contributed by atoms with Gasteiger partial charge in [-0.25, -0.2) is 9.97 Å². The lowest BCUT2D eigenvalue weighted by molar-refractivity contribution is -0.384. The fourth-order valence-electron chi connectivity index (χ4n) is 3.83. The molecule has 12 heteroatoms. The maximum absolute atomic E-state index is 12.5. The molecule has 0 saturated heterocycles. The molecule has 1 amide bonds. The molecule has 2 aromatic carbocycles. The summed E-state index contributed by atoms with van der Waals surface area (Å²) in [5, 5.41) is 18.5. The minimum absolute atomic E-state index is 0.0577. The molecule has 3 heterocycles. The second-order valence-corrected chi connectivity index (χ2v) is 9.98. The summed E-state index contributed by atoms with van der Waals surface area (Å²) in [7, 11) is 0. The van der Waals surface area contributed by atoms with Gasteiger partial charge in [-0.1, -0.05) is 61.8 Å². The number of amides is 1. The molecule has 0 aliphatic carbocycles. The third-order valence-electron chi connectivity index (χ3n) is 5.84. The van der Waals surface area contributed by atoms with Crippen molar-refractivity contribution in [1.82, 2.24) is 30.4 Å². The van der Waals surface area contributed by atoms with Gasteiger partial charge in [-0.3, -0.25) is 14.9 Å². The van der Waals surface area contributed by atoms with Crippen LogP contribution in [0.2, 0.25) is 5.02 Å². The van der Waals surface area contributed by atoms with Crippen LogP contribution >= 0.6 is 11.6 Å². The predicted molar refractivity (Wildman–Crippen MR) is 141 cm³/mol. The van der Waals surface area contributed by atoms with Crippen molar-refractivity contribution in [3.63, 3.8) is 0 Å².